The zero-order valence-electron chi connectivity index (χ0n) is 14.0. The number of carboxylic acid groups (broad SMARTS) is 1. The maximum absolute atomic E-state index is 12.8. The van der Waals surface area contributed by atoms with Gasteiger partial charge in [0.2, 0.25) is 11.8 Å². The number of hydrogen-bond donors (Lipinski definition) is 1. The van der Waals surface area contributed by atoms with Crippen LogP contribution in [0.5, 0.6) is 0 Å². The molecule has 2 amide bonds. The average molecular weight is 346 g/mol. The molecule has 2 aliphatic heterocycles. The number of aliphatic carboxylic acids is 1. The molecule has 7 heteroatoms. The molecule has 25 heavy (non-hydrogen) atoms. The molecule has 2 fully saturated rings. The molecular weight excluding hydrogens is 324 g/mol. The summed E-state index contributed by atoms with van der Waals surface area (Å²) in [5, 5.41) is 9.02. The second-order valence-corrected chi connectivity index (χ2v) is 6.52. The second-order valence-electron chi connectivity index (χ2n) is 6.52. The van der Waals surface area contributed by atoms with Gasteiger partial charge in [-0.1, -0.05) is 30.3 Å². The van der Waals surface area contributed by atoms with Crippen molar-refractivity contribution in [2.45, 2.75) is 25.4 Å². The first-order chi connectivity index (χ1) is 12.0. The third kappa shape index (κ3) is 4.17. The van der Waals surface area contributed by atoms with Crippen molar-refractivity contribution in [3.8, 4) is 0 Å². The van der Waals surface area contributed by atoms with Crippen LogP contribution >= 0.6 is 0 Å². The van der Waals surface area contributed by atoms with E-state index in [9.17, 15) is 14.4 Å². The van der Waals surface area contributed by atoms with E-state index >= 15 is 0 Å². The van der Waals surface area contributed by atoms with Crippen molar-refractivity contribution in [2.24, 2.45) is 5.92 Å². The fourth-order valence-electron chi connectivity index (χ4n) is 3.44. The predicted octanol–water partition coefficient (Wildman–Crippen LogP) is 0.737. The van der Waals surface area contributed by atoms with Crippen LogP contribution in [0, 0.1) is 5.92 Å². The summed E-state index contributed by atoms with van der Waals surface area (Å²) in [7, 11) is 0. The third-order valence-corrected chi connectivity index (χ3v) is 4.70. The first kappa shape index (κ1) is 17.4. The van der Waals surface area contributed by atoms with Gasteiger partial charge in [0, 0.05) is 26.1 Å². The monoisotopic (exact) mass is 346 g/mol. The fourth-order valence-corrected chi connectivity index (χ4v) is 3.44. The van der Waals surface area contributed by atoms with Crippen molar-refractivity contribution in [1.82, 2.24) is 9.80 Å². The number of rotatable bonds is 5. The zero-order chi connectivity index (χ0) is 17.8. The molecule has 2 heterocycles. The highest BCUT2D eigenvalue weighted by Gasteiger charge is 2.39. The van der Waals surface area contributed by atoms with Gasteiger partial charge in [-0.2, -0.15) is 0 Å². The predicted molar refractivity (Wildman–Crippen MR) is 88.5 cm³/mol. The van der Waals surface area contributed by atoms with Crippen molar-refractivity contribution in [3.63, 3.8) is 0 Å². The maximum atomic E-state index is 12.8. The summed E-state index contributed by atoms with van der Waals surface area (Å²) in [5.41, 5.74) is 1.03. The van der Waals surface area contributed by atoms with Crippen molar-refractivity contribution >= 4 is 17.8 Å². The summed E-state index contributed by atoms with van der Waals surface area (Å²) >= 11 is 0. The molecule has 0 spiro atoms. The Labute approximate surface area is 146 Å². The lowest BCUT2D eigenvalue weighted by atomic mass is 10.0. The molecule has 1 aromatic carbocycles. The topological polar surface area (TPSA) is 87.1 Å². The third-order valence-electron chi connectivity index (χ3n) is 4.70. The Morgan fingerprint density at radius 1 is 1.24 bits per heavy atom. The van der Waals surface area contributed by atoms with E-state index in [4.69, 9.17) is 9.84 Å². The standard InChI is InChI=1S/C18H22N2O5/c21-16-8-14(11-19(16)10-13-4-2-1-3-5-13)18(24)20-6-7-25-12-15(20)9-17(22)23/h1-5,14-15H,6-12H2,(H,22,23). The molecule has 0 saturated carbocycles. The van der Waals surface area contributed by atoms with E-state index in [0.717, 1.165) is 5.56 Å². The zero-order valence-corrected chi connectivity index (χ0v) is 14.0. The average Bonchev–Trinajstić information content (AvgIpc) is 2.96. The fraction of sp³-hybridized carbons (Fsp3) is 0.500. The second kappa shape index (κ2) is 7.65. The smallest absolute Gasteiger partial charge is 0.305 e. The van der Waals surface area contributed by atoms with Crippen LogP contribution < -0.4 is 0 Å². The van der Waals surface area contributed by atoms with Crippen LogP contribution in [0.25, 0.3) is 0 Å². The Hall–Kier alpha value is -2.41. The van der Waals surface area contributed by atoms with Gasteiger partial charge in [0.1, 0.15) is 0 Å². The van der Waals surface area contributed by atoms with E-state index in [0.29, 0.717) is 26.2 Å². The van der Waals surface area contributed by atoms with Crippen molar-refractivity contribution in [2.75, 3.05) is 26.3 Å². The highest BCUT2D eigenvalue weighted by molar-refractivity contribution is 5.89. The Morgan fingerprint density at radius 2 is 2.00 bits per heavy atom. The summed E-state index contributed by atoms with van der Waals surface area (Å²) in [5.74, 6) is -1.55. The molecule has 7 nitrogen and oxygen atoms in total. The van der Waals surface area contributed by atoms with Gasteiger partial charge in [-0.15, -0.1) is 0 Å². The van der Waals surface area contributed by atoms with Crippen molar-refractivity contribution in [3.05, 3.63) is 35.9 Å². The molecule has 0 aliphatic carbocycles. The molecule has 134 valence electrons. The van der Waals surface area contributed by atoms with E-state index in [1.54, 1.807) is 9.80 Å². The van der Waals surface area contributed by atoms with E-state index in [2.05, 4.69) is 0 Å². The molecule has 1 N–H and O–H groups in total. The normalized spacial score (nSPS) is 23.8. The summed E-state index contributed by atoms with van der Waals surface area (Å²) in [4.78, 5) is 39.4. The molecular formula is C18H22N2O5. The SMILES string of the molecule is O=C(O)CC1COCCN1C(=O)C1CC(=O)N(Cc2ccccc2)C1. The van der Waals surface area contributed by atoms with E-state index in [1.165, 1.54) is 0 Å². The van der Waals surface area contributed by atoms with E-state index < -0.39 is 17.9 Å². The number of likely N-dealkylation sites (tertiary alicyclic amines) is 1. The molecule has 0 aromatic heterocycles. The molecule has 1 aromatic rings. The van der Waals surface area contributed by atoms with Crippen LogP contribution in [0.3, 0.4) is 0 Å². The Kier molecular flexibility index (Phi) is 5.33. The number of hydrogen-bond acceptors (Lipinski definition) is 4. The molecule has 2 saturated heterocycles. The molecule has 3 rings (SSSR count). The highest BCUT2D eigenvalue weighted by Crippen LogP contribution is 2.24. The van der Waals surface area contributed by atoms with Crippen LogP contribution in [0.4, 0.5) is 0 Å². The van der Waals surface area contributed by atoms with Gasteiger partial charge in [0.25, 0.3) is 0 Å². The number of carbonyl (C=O) groups excluding carboxylic acids is 2. The number of amides is 2. The van der Waals surface area contributed by atoms with Crippen molar-refractivity contribution in [1.29, 1.82) is 0 Å². The number of benzene rings is 1. The van der Waals surface area contributed by atoms with Gasteiger partial charge in [0.05, 0.1) is 31.6 Å². The van der Waals surface area contributed by atoms with Gasteiger partial charge >= 0.3 is 5.97 Å². The number of ether oxygens (including phenoxy) is 1. The molecule has 0 bridgehead atoms. The minimum Gasteiger partial charge on any atom is -0.481 e. The summed E-state index contributed by atoms with van der Waals surface area (Å²) in [6.45, 7) is 1.87. The van der Waals surface area contributed by atoms with Crippen LogP contribution in [0.2, 0.25) is 0 Å². The molecule has 0 radical (unpaired) electrons. The maximum Gasteiger partial charge on any atom is 0.305 e. The molecule has 2 atom stereocenters. The van der Waals surface area contributed by atoms with Crippen LogP contribution in [-0.4, -0.2) is 65.0 Å². The van der Waals surface area contributed by atoms with Gasteiger partial charge in [0.15, 0.2) is 0 Å². The van der Waals surface area contributed by atoms with Crippen LogP contribution in [-0.2, 0) is 25.7 Å². The largest absolute Gasteiger partial charge is 0.481 e. The first-order valence-electron chi connectivity index (χ1n) is 8.46. The molecule has 2 aliphatic rings. The minimum atomic E-state index is -0.957. The lowest BCUT2D eigenvalue weighted by Gasteiger charge is -2.36. The number of carbonyl (C=O) groups is 3. The minimum absolute atomic E-state index is 0.0368. The Bertz CT molecular complexity index is 648. The Morgan fingerprint density at radius 3 is 2.72 bits per heavy atom. The van der Waals surface area contributed by atoms with Gasteiger partial charge in [-0.25, -0.2) is 0 Å². The summed E-state index contributed by atoms with van der Waals surface area (Å²) < 4.78 is 5.31. The van der Waals surface area contributed by atoms with E-state index in [-0.39, 0.29) is 31.3 Å². The number of carboxylic acids is 1. The lowest BCUT2D eigenvalue weighted by molar-refractivity contribution is -0.149. The lowest BCUT2D eigenvalue weighted by Crippen LogP contribution is -2.51. The number of nitrogens with zero attached hydrogens (tertiary/aromatic N) is 2. The Balaban J connectivity index is 1.64. The van der Waals surface area contributed by atoms with Crippen LogP contribution in [0.15, 0.2) is 30.3 Å². The first-order valence-corrected chi connectivity index (χ1v) is 8.46. The van der Waals surface area contributed by atoms with Gasteiger partial charge in [-0.05, 0) is 5.56 Å². The van der Waals surface area contributed by atoms with E-state index in [1.807, 2.05) is 30.3 Å². The molecule has 2 unspecified atom stereocenters. The van der Waals surface area contributed by atoms with Crippen LogP contribution in [0.1, 0.15) is 18.4 Å². The summed E-state index contributed by atoms with van der Waals surface area (Å²) in [6.07, 6.45) is 0.0446. The van der Waals surface area contributed by atoms with Gasteiger partial charge in [-0.3, -0.25) is 14.4 Å². The summed E-state index contributed by atoms with van der Waals surface area (Å²) in [6, 6.07) is 9.20. The van der Waals surface area contributed by atoms with Gasteiger partial charge < -0.3 is 19.6 Å². The highest BCUT2D eigenvalue weighted by atomic mass is 16.5. The quantitative estimate of drug-likeness (QED) is 0.850. The number of morpholine rings is 1. The van der Waals surface area contributed by atoms with Crippen molar-refractivity contribution < 1.29 is 24.2 Å².